The van der Waals surface area contributed by atoms with Gasteiger partial charge in [-0.15, -0.1) is 0 Å². The molecule has 0 radical (unpaired) electrons. The Morgan fingerprint density at radius 3 is 2.64 bits per heavy atom. The van der Waals surface area contributed by atoms with Gasteiger partial charge in [-0.25, -0.2) is 9.29 Å². The van der Waals surface area contributed by atoms with Gasteiger partial charge in [-0.05, 0) is 56.9 Å². The van der Waals surface area contributed by atoms with E-state index in [1.54, 1.807) is 32.0 Å². The van der Waals surface area contributed by atoms with Crippen LogP contribution in [-0.4, -0.2) is 35.3 Å². The number of halogens is 2. The number of benzene rings is 2. The minimum Gasteiger partial charge on any atom is -0.504 e. The maximum absolute atomic E-state index is 14.3. The van der Waals surface area contributed by atoms with Gasteiger partial charge >= 0.3 is 0 Å². The van der Waals surface area contributed by atoms with Crippen molar-refractivity contribution in [1.82, 2.24) is 5.32 Å². The molecule has 6 unspecified atom stereocenters. The van der Waals surface area contributed by atoms with E-state index in [9.17, 15) is 28.7 Å². The number of para-hydroxylation sites is 1. The van der Waals surface area contributed by atoms with Crippen LogP contribution in [0.2, 0.25) is 5.02 Å². The van der Waals surface area contributed by atoms with Gasteiger partial charge in [0.15, 0.2) is 11.5 Å². The van der Waals surface area contributed by atoms with Crippen LogP contribution in [0.1, 0.15) is 38.2 Å². The van der Waals surface area contributed by atoms with E-state index in [0.29, 0.717) is 18.6 Å². The summed E-state index contributed by atoms with van der Waals surface area (Å²) in [4.78, 5) is 54.8. The van der Waals surface area contributed by atoms with E-state index in [4.69, 9.17) is 16.3 Å². The topological polar surface area (TPSA) is 113 Å². The zero-order valence-electron chi connectivity index (χ0n) is 21.2. The lowest BCUT2D eigenvalue weighted by Crippen LogP contribution is -2.48. The van der Waals surface area contributed by atoms with Crippen LogP contribution < -0.4 is 15.0 Å². The first kappa shape index (κ1) is 25.6. The van der Waals surface area contributed by atoms with E-state index in [2.05, 4.69) is 5.32 Å². The fraction of sp³-hybridized carbons (Fsp3) is 0.379. The van der Waals surface area contributed by atoms with Crippen molar-refractivity contribution in [2.45, 2.75) is 32.6 Å². The van der Waals surface area contributed by atoms with Crippen LogP contribution >= 0.6 is 11.6 Å². The molecule has 2 heterocycles. The Morgan fingerprint density at radius 2 is 1.92 bits per heavy atom. The Labute approximate surface area is 228 Å². The molecule has 10 heteroatoms. The zero-order valence-corrected chi connectivity index (χ0v) is 22.0. The average molecular weight is 553 g/mol. The Bertz CT molecular complexity index is 1490. The maximum atomic E-state index is 14.3. The standard InChI is InChI=1S/C29H26ClFN2O6/c1-3-39-21-6-4-5-16(24(21)34)23-14-8-9-15-22(26(36)32-25(15)35)17(14)12-18-27(37)33(28(38)29(18,23)2)13-7-10-20(31)19(30)11-13/h4-8,10-11,15,17-18,22-23,34H,3,9,12H2,1-2H3,(H,32,35,36). The maximum Gasteiger partial charge on any atom is 0.241 e. The number of hydrogen-bond donors (Lipinski definition) is 2. The molecule has 2 N–H and O–H groups in total. The smallest absolute Gasteiger partial charge is 0.241 e. The third-order valence-corrected chi connectivity index (χ3v) is 9.21. The predicted molar refractivity (Wildman–Crippen MR) is 138 cm³/mol. The van der Waals surface area contributed by atoms with Crippen LogP contribution in [0.5, 0.6) is 11.5 Å². The number of hydrogen-bond acceptors (Lipinski definition) is 6. The minimum absolute atomic E-state index is 0.140. The molecule has 0 aromatic heterocycles. The van der Waals surface area contributed by atoms with E-state index >= 15 is 0 Å². The van der Waals surface area contributed by atoms with Crippen molar-refractivity contribution in [2.75, 3.05) is 11.5 Å². The number of nitrogens with zero attached hydrogens (tertiary/aromatic N) is 1. The fourth-order valence-electron chi connectivity index (χ4n) is 7.18. The van der Waals surface area contributed by atoms with Crippen molar-refractivity contribution in [3.8, 4) is 11.5 Å². The molecule has 2 saturated heterocycles. The van der Waals surface area contributed by atoms with Crippen LogP contribution in [-0.2, 0) is 19.2 Å². The van der Waals surface area contributed by atoms with Gasteiger partial charge in [0, 0.05) is 11.5 Å². The number of anilines is 1. The summed E-state index contributed by atoms with van der Waals surface area (Å²) in [6, 6.07) is 8.67. The number of phenols is 1. The quantitative estimate of drug-likeness (QED) is 0.436. The van der Waals surface area contributed by atoms with Crippen molar-refractivity contribution in [2.24, 2.45) is 29.1 Å². The molecule has 6 rings (SSSR count). The van der Waals surface area contributed by atoms with Gasteiger partial charge in [-0.1, -0.05) is 35.4 Å². The second-order valence-corrected chi connectivity index (χ2v) is 11.1. The van der Waals surface area contributed by atoms with E-state index < -0.39 is 58.5 Å². The van der Waals surface area contributed by atoms with Gasteiger partial charge < -0.3 is 9.84 Å². The van der Waals surface area contributed by atoms with Crippen molar-refractivity contribution in [3.63, 3.8) is 0 Å². The molecule has 3 fully saturated rings. The first-order valence-electron chi connectivity index (χ1n) is 12.9. The number of carbonyl (C=O) groups excluding carboxylic acids is 4. The summed E-state index contributed by atoms with van der Waals surface area (Å²) < 4.78 is 19.6. The average Bonchev–Trinajstić information content (AvgIpc) is 3.30. The highest BCUT2D eigenvalue weighted by atomic mass is 35.5. The lowest BCUT2D eigenvalue weighted by Gasteiger charge is -2.49. The largest absolute Gasteiger partial charge is 0.504 e. The normalized spacial score (nSPS) is 31.4. The molecule has 2 aliphatic carbocycles. The fourth-order valence-corrected chi connectivity index (χ4v) is 7.36. The van der Waals surface area contributed by atoms with E-state index in [0.717, 1.165) is 16.5 Å². The van der Waals surface area contributed by atoms with Crippen molar-refractivity contribution >= 4 is 40.9 Å². The van der Waals surface area contributed by atoms with Crippen molar-refractivity contribution < 1.29 is 33.4 Å². The van der Waals surface area contributed by atoms with Gasteiger partial charge in [-0.3, -0.25) is 24.5 Å². The second kappa shape index (κ2) is 8.91. The SMILES string of the molecule is CCOc1cccc(C2C3=CCC4C(=O)NC(=O)C4C3CC3C(=O)N(c4ccc(F)c(Cl)c4)C(=O)C32C)c1O. The van der Waals surface area contributed by atoms with Gasteiger partial charge in [-0.2, -0.15) is 0 Å². The number of aromatic hydroxyl groups is 1. The van der Waals surface area contributed by atoms with E-state index in [-0.39, 0.29) is 34.5 Å². The highest BCUT2D eigenvalue weighted by Gasteiger charge is 2.67. The lowest BCUT2D eigenvalue weighted by molar-refractivity contribution is -0.131. The highest BCUT2D eigenvalue weighted by Crippen LogP contribution is 2.64. The number of ether oxygens (including phenoxy) is 1. The molecule has 1 saturated carbocycles. The molecular formula is C29H26ClFN2O6. The Hall–Kier alpha value is -3.72. The summed E-state index contributed by atoms with van der Waals surface area (Å²) in [6.45, 7) is 3.78. The van der Waals surface area contributed by atoms with Crippen LogP contribution in [0.15, 0.2) is 48.0 Å². The number of nitrogens with one attached hydrogen (secondary N) is 1. The summed E-state index contributed by atoms with van der Waals surface area (Å²) >= 11 is 6.00. The summed E-state index contributed by atoms with van der Waals surface area (Å²) in [5, 5.41) is 13.5. The molecule has 6 atom stereocenters. The molecular weight excluding hydrogens is 527 g/mol. The Kier molecular flexibility index (Phi) is 5.84. The molecule has 2 aromatic carbocycles. The summed E-state index contributed by atoms with van der Waals surface area (Å²) in [7, 11) is 0. The number of amides is 4. The van der Waals surface area contributed by atoms with E-state index in [1.807, 2.05) is 6.08 Å². The van der Waals surface area contributed by atoms with Gasteiger partial charge in [0.25, 0.3) is 0 Å². The molecule has 4 aliphatic rings. The first-order valence-corrected chi connectivity index (χ1v) is 13.3. The highest BCUT2D eigenvalue weighted by molar-refractivity contribution is 6.31. The second-order valence-electron chi connectivity index (χ2n) is 10.7. The predicted octanol–water partition coefficient (Wildman–Crippen LogP) is 4.10. The van der Waals surface area contributed by atoms with Gasteiger partial charge in [0.2, 0.25) is 23.6 Å². The Balaban J connectivity index is 1.55. The molecule has 0 spiro atoms. The summed E-state index contributed by atoms with van der Waals surface area (Å²) in [5.41, 5.74) is -0.0764. The number of rotatable bonds is 4. The molecule has 2 aromatic rings. The molecule has 8 nitrogen and oxygen atoms in total. The van der Waals surface area contributed by atoms with Gasteiger partial charge in [0.05, 0.1) is 40.5 Å². The lowest BCUT2D eigenvalue weighted by atomic mass is 9.51. The van der Waals surface area contributed by atoms with E-state index in [1.165, 1.54) is 12.1 Å². The van der Waals surface area contributed by atoms with Crippen LogP contribution in [0.25, 0.3) is 0 Å². The molecule has 2 aliphatic heterocycles. The molecule has 0 bridgehead atoms. The van der Waals surface area contributed by atoms with Crippen LogP contribution in [0.3, 0.4) is 0 Å². The third-order valence-electron chi connectivity index (χ3n) is 8.92. The number of allylic oxidation sites excluding steroid dienone is 2. The minimum atomic E-state index is -1.35. The first-order chi connectivity index (χ1) is 18.6. The van der Waals surface area contributed by atoms with Crippen LogP contribution in [0.4, 0.5) is 10.1 Å². The van der Waals surface area contributed by atoms with Crippen LogP contribution in [0, 0.1) is 34.9 Å². The zero-order chi connectivity index (χ0) is 27.8. The summed E-state index contributed by atoms with van der Waals surface area (Å²) in [5.74, 6) is -5.75. The monoisotopic (exact) mass is 552 g/mol. The number of phenolic OH excluding ortho intramolecular Hbond substituents is 1. The third kappa shape index (κ3) is 3.48. The number of imide groups is 2. The summed E-state index contributed by atoms with van der Waals surface area (Å²) in [6.07, 6.45) is 2.36. The number of fused-ring (bicyclic) bond motifs is 4. The van der Waals surface area contributed by atoms with Gasteiger partial charge in [0.1, 0.15) is 5.82 Å². The molecule has 39 heavy (non-hydrogen) atoms. The van der Waals surface area contributed by atoms with Crippen molar-refractivity contribution in [1.29, 1.82) is 0 Å². The van der Waals surface area contributed by atoms with Crippen molar-refractivity contribution in [3.05, 3.63) is 64.5 Å². The number of carbonyl (C=O) groups is 4. The Morgan fingerprint density at radius 1 is 1.15 bits per heavy atom. The molecule has 4 amide bonds. The molecule has 202 valence electrons.